The molecule has 1 aliphatic rings. The average molecular weight is 299 g/mol. The molecule has 7 nitrogen and oxygen atoms in total. The standard InChI is InChI=1S/C12H16N2O5S/c15-14(16)12-7-10(20(17)18)1-2-11(12)13-8-9-3-5-19-6-4-9/h1-2,7,9,13H,3-6,8H2,(H,17,18)/p-1. The van der Waals surface area contributed by atoms with Crippen LogP contribution >= 0.6 is 0 Å². The van der Waals surface area contributed by atoms with Gasteiger partial charge in [-0.2, -0.15) is 0 Å². The van der Waals surface area contributed by atoms with Crippen LogP contribution in [0.25, 0.3) is 0 Å². The zero-order chi connectivity index (χ0) is 14.5. The fraction of sp³-hybridized carbons (Fsp3) is 0.500. The molecule has 1 aromatic carbocycles. The molecule has 1 saturated heterocycles. The minimum atomic E-state index is -2.47. The zero-order valence-electron chi connectivity index (χ0n) is 10.7. The van der Waals surface area contributed by atoms with Crippen molar-refractivity contribution in [1.29, 1.82) is 0 Å². The summed E-state index contributed by atoms with van der Waals surface area (Å²) < 4.78 is 26.9. The van der Waals surface area contributed by atoms with Gasteiger partial charge >= 0.3 is 0 Å². The van der Waals surface area contributed by atoms with E-state index in [0.717, 1.165) is 18.9 Å². The number of nitro benzene ring substituents is 1. The largest absolute Gasteiger partial charge is 0.768 e. The Morgan fingerprint density at radius 2 is 2.10 bits per heavy atom. The summed E-state index contributed by atoms with van der Waals surface area (Å²) in [7, 11) is 0. The molecule has 0 spiro atoms. The maximum Gasteiger partial charge on any atom is 0.293 e. The zero-order valence-corrected chi connectivity index (χ0v) is 11.6. The molecule has 1 atom stereocenters. The molecular formula is C12H15N2O5S-. The molecule has 8 heteroatoms. The maximum absolute atomic E-state index is 11.0. The van der Waals surface area contributed by atoms with Crippen LogP contribution < -0.4 is 5.32 Å². The van der Waals surface area contributed by atoms with Gasteiger partial charge in [-0.05, 0) is 42.0 Å². The van der Waals surface area contributed by atoms with Crippen LogP contribution in [-0.2, 0) is 15.8 Å². The van der Waals surface area contributed by atoms with E-state index in [1.807, 2.05) is 0 Å². The van der Waals surface area contributed by atoms with Crippen molar-refractivity contribution in [3.8, 4) is 0 Å². The molecule has 0 aromatic heterocycles. The van der Waals surface area contributed by atoms with Crippen molar-refractivity contribution in [3.63, 3.8) is 0 Å². The highest BCUT2D eigenvalue weighted by Crippen LogP contribution is 2.27. The summed E-state index contributed by atoms with van der Waals surface area (Å²) >= 11 is -2.47. The highest BCUT2D eigenvalue weighted by Gasteiger charge is 2.18. The van der Waals surface area contributed by atoms with Crippen LogP contribution in [0.1, 0.15) is 12.8 Å². The van der Waals surface area contributed by atoms with Crippen molar-refractivity contribution in [3.05, 3.63) is 28.3 Å². The van der Waals surface area contributed by atoms with Crippen LogP contribution in [0.5, 0.6) is 0 Å². The molecule has 0 radical (unpaired) electrons. The molecule has 0 aliphatic carbocycles. The van der Waals surface area contributed by atoms with Gasteiger partial charge in [-0.1, -0.05) is 0 Å². The number of anilines is 1. The Bertz CT molecular complexity index is 517. The van der Waals surface area contributed by atoms with E-state index in [1.54, 1.807) is 0 Å². The minimum absolute atomic E-state index is 0.0895. The van der Waals surface area contributed by atoms with Crippen LogP contribution in [0, 0.1) is 16.0 Å². The Balaban J connectivity index is 2.09. The van der Waals surface area contributed by atoms with Gasteiger partial charge in [-0.25, -0.2) is 0 Å². The number of hydrogen-bond acceptors (Lipinski definition) is 6. The molecule has 2 rings (SSSR count). The second-order valence-corrected chi connectivity index (χ2v) is 5.55. The van der Waals surface area contributed by atoms with E-state index in [0.29, 0.717) is 31.4 Å². The third-order valence-corrected chi connectivity index (χ3v) is 3.92. The van der Waals surface area contributed by atoms with Gasteiger partial charge in [0.1, 0.15) is 5.69 Å². The molecule has 1 heterocycles. The molecule has 1 unspecified atom stereocenters. The fourth-order valence-electron chi connectivity index (χ4n) is 2.12. The van der Waals surface area contributed by atoms with E-state index in [4.69, 9.17) is 4.74 Å². The van der Waals surface area contributed by atoms with Crippen LogP contribution in [0.4, 0.5) is 11.4 Å². The summed E-state index contributed by atoms with van der Waals surface area (Å²) in [5.74, 6) is 0.414. The van der Waals surface area contributed by atoms with E-state index in [2.05, 4.69) is 5.32 Å². The van der Waals surface area contributed by atoms with Gasteiger partial charge < -0.3 is 14.6 Å². The predicted octanol–water partition coefficient (Wildman–Crippen LogP) is 1.67. The van der Waals surface area contributed by atoms with Gasteiger partial charge in [0.15, 0.2) is 0 Å². The molecule has 0 bridgehead atoms. The van der Waals surface area contributed by atoms with Gasteiger partial charge in [-0.3, -0.25) is 14.3 Å². The van der Waals surface area contributed by atoms with Crippen molar-refractivity contribution in [1.82, 2.24) is 0 Å². The monoisotopic (exact) mass is 299 g/mol. The number of nitrogens with zero attached hydrogens (tertiary/aromatic N) is 1. The molecule has 1 fully saturated rings. The summed E-state index contributed by atoms with van der Waals surface area (Å²) in [5.41, 5.74) is 0.120. The van der Waals surface area contributed by atoms with Crippen LogP contribution in [-0.4, -0.2) is 33.4 Å². The van der Waals surface area contributed by atoms with Crippen LogP contribution in [0.3, 0.4) is 0 Å². The Hall–Kier alpha value is -1.51. The van der Waals surface area contributed by atoms with Crippen LogP contribution in [0.2, 0.25) is 0 Å². The second-order valence-electron chi connectivity index (χ2n) is 4.61. The molecule has 1 aliphatic heterocycles. The van der Waals surface area contributed by atoms with Crippen molar-refractivity contribution in [2.45, 2.75) is 17.7 Å². The Morgan fingerprint density at radius 1 is 1.40 bits per heavy atom. The lowest BCUT2D eigenvalue weighted by molar-refractivity contribution is -0.384. The predicted molar refractivity (Wildman–Crippen MR) is 72.3 cm³/mol. The Labute approximate surface area is 118 Å². The lowest BCUT2D eigenvalue weighted by atomic mass is 10.0. The maximum atomic E-state index is 11.0. The molecule has 110 valence electrons. The summed E-state index contributed by atoms with van der Waals surface area (Å²) in [6.45, 7) is 2.04. The third-order valence-electron chi connectivity index (χ3n) is 3.28. The normalized spacial score (nSPS) is 17.6. The highest BCUT2D eigenvalue weighted by atomic mass is 32.2. The van der Waals surface area contributed by atoms with Crippen molar-refractivity contribution in [2.24, 2.45) is 5.92 Å². The van der Waals surface area contributed by atoms with E-state index in [-0.39, 0.29) is 10.6 Å². The van der Waals surface area contributed by atoms with E-state index >= 15 is 0 Å². The van der Waals surface area contributed by atoms with Crippen LogP contribution in [0.15, 0.2) is 23.1 Å². The first-order valence-electron chi connectivity index (χ1n) is 6.27. The van der Waals surface area contributed by atoms with E-state index in [9.17, 15) is 18.9 Å². The topological polar surface area (TPSA) is 105 Å². The minimum Gasteiger partial charge on any atom is -0.768 e. The SMILES string of the molecule is O=[N+]([O-])c1cc(S(=O)[O-])ccc1NCC1CCOCC1. The van der Waals surface area contributed by atoms with Gasteiger partial charge in [0, 0.05) is 30.7 Å². The first-order chi connectivity index (χ1) is 9.58. The van der Waals surface area contributed by atoms with Crippen molar-refractivity contribution in [2.75, 3.05) is 25.1 Å². The number of nitro groups is 1. The van der Waals surface area contributed by atoms with Crippen molar-refractivity contribution < 1.29 is 18.4 Å². The smallest absolute Gasteiger partial charge is 0.293 e. The summed E-state index contributed by atoms with van der Waals surface area (Å²) in [5, 5.41) is 14.0. The highest BCUT2D eigenvalue weighted by molar-refractivity contribution is 7.79. The quantitative estimate of drug-likeness (QED) is 0.504. The molecular weight excluding hydrogens is 284 g/mol. The molecule has 0 amide bonds. The Morgan fingerprint density at radius 3 is 2.70 bits per heavy atom. The van der Waals surface area contributed by atoms with Gasteiger partial charge in [0.25, 0.3) is 5.69 Å². The van der Waals surface area contributed by atoms with E-state index < -0.39 is 16.0 Å². The first-order valence-corrected chi connectivity index (χ1v) is 7.34. The summed E-state index contributed by atoms with van der Waals surface area (Å²) in [6, 6.07) is 3.85. The van der Waals surface area contributed by atoms with E-state index in [1.165, 1.54) is 12.1 Å². The number of benzene rings is 1. The van der Waals surface area contributed by atoms with Gasteiger partial charge in [0.2, 0.25) is 0 Å². The lowest BCUT2D eigenvalue weighted by Crippen LogP contribution is -2.22. The molecule has 0 saturated carbocycles. The summed E-state index contributed by atoms with van der Waals surface area (Å²) in [6.07, 6.45) is 1.84. The number of rotatable bonds is 5. The lowest BCUT2D eigenvalue weighted by Gasteiger charge is -2.22. The molecule has 1 aromatic rings. The molecule has 20 heavy (non-hydrogen) atoms. The van der Waals surface area contributed by atoms with Gasteiger partial charge in [0.05, 0.1) is 4.92 Å². The molecule has 1 N–H and O–H groups in total. The van der Waals surface area contributed by atoms with Gasteiger partial charge in [-0.15, -0.1) is 0 Å². The third kappa shape index (κ3) is 3.75. The average Bonchev–Trinajstić information content (AvgIpc) is 2.45. The number of hydrogen-bond donors (Lipinski definition) is 1. The fourth-order valence-corrected chi connectivity index (χ4v) is 2.51. The Kier molecular flexibility index (Phi) is 5.05. The number of nitrogens with one attached hydrogen (secondary N) is 1. The van der Waals surface area contributed by atoms with Crippen molar-refractivity contribution >= 4 is 22.5 Å². The number of ether oxygens (including phenoxy) is 1. The second kappa shape index (κ2) is 6.78. The first kappa shape index (κ1) is 14.9. The summed E-state index contributed by atoms with van der Waals surface area (Å²) in [4.78, 5) is 10.3.